The smallest absolute Gasteiger partial charge is 0.174 e. The molecular formula is C18H18O4. The lowest BCUT2D eigenvalue weighted by Gasteiger charge is -2.49. The van der Waals surface area contributed by atoms with Gasteiger partial charge in [0.2, 0.25) is 0 Å². The van der Waals surface area contributed by atoms with E-state index in [4.69, 9.17) is 9.47 Å². The van der Waals surface area contributed by atoms with E-state index in [9.17, 15) is 9.90 Å². The number of fused-ring (bicyclic) bond motifs is 1. The molecule has 1 heterocycles. The molecule has 5 atom stereocenters. The SMILES string of the molecule is COc1ccc2c3c1O[C@H]1C(=O)CC[C@@]4(O)[C@@H]5CC5(C2)CC314. The number of ketones is 1. The van der Waals surface area contributed by atoms with Crippen molar-refractivity contribution < 1.29 is 19.4 Å². The third-order valence-corrected chi connectivity index (χ3v) is 7.31. The fourth-order valence-corrected chi connectivity index (χ4v) is 6.55. The molecule has 0 amide bonds. The van der Waals surface area contributed by atoms with Crippen LogP contribution in [0.1, 0.15) is 36.8 Å². The molecule has 22 heavy (non-hydrogen) atoms. The summed E-state index contributed by atoms with van der Waals surface area (Å²) in [4.78, 5) is 12.6. The molecule has 1 aliphatic heterocycles. The van der Waals surface area contributed by atoms with Crippen molar-refractivity contribution in [3.8, 4) is 11.5 Å². The lowest BCUT2D eigenvalue weighted by atomic mass is 9.55. The fourth-order valence-electron chi connectivity index (χ4n) is 6.55. The molecule has 1 aromatic carbocycles. The number of rotatable bonds is 1. The number of aliphatic hydroxyl groups is 1. The van der Waals surface area contributed by atoms with Crippen molar-refractivity contribution in [1.82, 2.24) is 0 Å². The van der Waals surface area contributed by atoms with Gasteiger partial charge in [0, 0.05) is 12.0 Å². The first kappa shape index (κ1) is 11.9. The second-order valence-electron chi connectivity index (χ2n) is 7.96. The van der Waals surface area contributed by atoms with Crippen LogP contribution in [-0.4, -0.2) is 29.7 Å². The molecule has 2 bridgehead atoms. The number of hydrogen-bond donors (Lipinski definition) is 1. The highest BCUT2D eigenvalue weighted by molar-refractivity contribution is 5.90. The quantitative estimate of drug-likeness (QED) is 0.858. The van der Waals surface area contributed by atoms with Crippen LogP contribution in [-0.2, 0) is 16.6 Å². The summed E-state index contributed by atoms with van der Waals surface area (Å²) in [6, 6.07) is 4.07. The van der Waals surface area contributed by atoms with Gasteiger partial charge in [-0.15, -0.1) is 0 Å². The predicted octanol–water partition coefficient (Wildman–Crippen LogP) is 1.75. The maximum atomic E-state index is 12.6. The maximum Gasteiger partial charge on any atom is 0.174 e. The van der Waals surface area contributed by atoms with E-state index < -0.39 is 17.1 Å². The summed E-state index contributed by atoms with van der Waals surface area (Å²) in [7, 11) is 1.63. The topological polar surface area (TPSA) is 55.8 Å². The molecular weight excluding hydrogens is 280 g/mol. The van der Waals surface area contributed by atoms with Crippen LogP contribution >= 0.6 is 0 Å². The highest BCUT2D eigenvalue weighted by Crippen LogP contribution is 2.82. The second-order valence-corrected chi connectivity index (χ2v) is 7.96. The number of ether oxygens (including phenoxy) is 2. The summed E-state index contributed by atoms with van der Waals surface area (Å²) in [5.74, 6) is 1.89. The van der Waals surface area contributed by atoms with Gasteiger partial charge in [-0.3, -0.25) is 4.79 Å². The lowest BCUT2D eigenvalue weighted by molar-refractivity contribution is -0.149. The van der Waals surface area contributed by atoms with Crippen LogP contribution in [0.5, 0.6) is 11.5 Å². The minimum atomic E-state index is -0.769. The standard InChI is InChI=1S/C18H18O4/c1-21-11-3-2-9-6-16-7-12(16)18(20)5-4-10(19)15-17(18,8-16)13(9)14(11)22-15/h2-3,12,15,20H,4-8H2,1H3/t12-,15+,16?,17?,18-/m1/s1. The Labute approximate surface area is 128 Å². The van der Waals surface area contributed by atoms with E-state index in [1.54, 1.807) is 7.11 Å². The van der Waals surface area contributed by atoms with Gasteiger partial charge < -0.3 is 14.6 Å². The molecule has 2 unspecified atom stereocenters. The van der Waals surface area contributed by atoms with Crippen molar-refractivity contribution in [1.29, 1.82) is 0 Å². The maximum absolute atomic E-state index is 12.6. The van der Waals surface area contributed by atoms with E-state index in [0.29, 0.717) is 24.5 Å². The first-order valence-electron chi connectivity index (χ1n) is 8.18. The molecule has 1 aromatic rings. The van der Waals surface area contributed by atoms with Crippen LogP contribution in [0.15, 0.2) is 12.1 Å². The van der Waals surface area contributed by atoms with Crippen molar-refractivity contribution in [2.24, 2.45) is 11.3 Å². The number of carbonyl (C=O) groups excluding carboxylic acids is 1. The monoisotopic (exact) mass is 298 g/mol. The summed E-state index contributed by atoms with van der Waals surface area (Å²) < 4.78 is 11.6. The molecule has 4 nitrogen and oxygen atoms in total. The number of methoxy groups -OCH3 is 1. The number of benzene rings is 1. The number of Topliss-reactive ketones (excluding diaryl/α,β-unsaturated/α-hetero) is 1. The van der Waals surface area contributed by atoms with Gasteiger partial charge in [-0.2, -0.15) is 0 Å². The van der Waals surface area contributed by atoms with Crippen molar-refractivity contribution in [2.45, 2.75) is 49.2 Å². The summed E-state index contributed by atoms with van der Waals surface area (Å²) in [6.45, 7) is 0. The Bertz CT molecular complexity index is 771. The lowest BCUT2D eigenvalue weighted by Crippen LogP contribution is -2.62. The summed E-state index contributed by atoms with van der Waals surface area (Å²) in [5.41, 5.74) is 1.28. The molecule has 3 saturated carbocycles. The molecule has 3 fully saturated rings. The molecule has 4 aliphatic carbocycles. The minimum absolute atomic E-state index is 0.146. The summed E-state index contributed by atoms with van der Waals surface area (Å²) in [5, 5.41) is 11.6. The Morgan fingerprint density at radius 3 is 3.09 bits per heavy atom. The van der Waals surface area contributed by atoms with Crippen molar-refractivity contribution in [3.63, 3.8) is 0 Å². The molecule has 0 saturated heterocycles. The van der Waals surface area contributed by atoms with Gasteiger partial charge in [-0.25, -0.2) is 0 Å². The van der Waals surface area contributed by atoms with Crippen LogP contribution < -0.4 is 9.47 Å². The Kier molecular flexibility index (Phi) is 1.67. The van der Waals surface area contributed by atoms with Crippen LogP contribution in [0, 0.1) is 11.3 Å². The van der Waals surface area contributed by atoms with Crippen LogP contribution in [0.2, 0.25) is 0 Å². The largest absolute Gasteiger partial charge is 0.493 e. The van der Waals surface area contributed by atoms with E-state index in [1.165, 1.54) is 5.56 Å². The number of hydrogen-bond acceptors (Lipinski definition) is 4. The Morgan fingerprint density at radius 2 is 2.27 bits per heavy atom. The van der Waals surface area contributed by atoms with Crippen molar-refractivity contribution in [2.75, 3.05) is 7.11 Å². The van der Waals surface area contributed by atoms with E-state index in [-0.39, 0.29) is 11.2 Å². The molecule has 2 spiro atoms. The van der Waals surface area contributed by atoms with Gasteiger partial charge >= 0.3 is 0 Å². The molecule has 114 valence electrons. The zero-order valence-electron chi connectivity index (χ0n) is 12.5. The molecule has 5 aliphatic rings. The molecule has 4 heteroatoms. The molecule has 1 N–H and O–H groups in total. The van der Waals surface area contributed by atoms with E-state index in [2.05, 4.69) is 6.07 Å². The van der Waals surface area contributed by atoms with Gasteiger partial charge in [0.05, 0.1) is 18.1 Å². The van der Waals surface area contributed by atoms with Gasteiger partial charge in [0.15, 0.2) is 23.4 Å². The summed E-state index contributed by atoms with van der Waals surface area (Å²) >= 11 is 0. The van der Waals surface area contributed by atoms with Gasteiger partial charge in [0.25, 0.3) is 0 Å². The average molecular weight is 298 g/mol. The molecule has 0 radical (unpaired) electrons. The highest BCUT2D eigenvalue weighted by Gasteiger charge is 2.85. The van der Waals surface area contributed by atoms with E-state index in [0.717, 1.165) is 30.6 Å². The van der Waals surface area contributed by atoms with Gasteiger partial charge in [-0.05, 0) is 48.6 Å². The zero-order chi connectivity index (χ0) is 14.9. The van der Waals surface area contributed by atoms with Crippen LogP contribution in [0.25, 0.3) is 0 Å². The first-order chi connectivity index (χ1) is 10.6. The fraction of sp³-hybridized carbons (Fsp3) is 0.611. The Hall–Kier alpha value is -1.55. The van der Waals surface area contributed by atoms with Crippen molar-refractivity contribution in [3.05, 3.63) is 23.3 Å². The Balaban J connectivity index is 1.73. The average Bonchev–Trinajstić information content (AvgIpc) is 3.01. The van der Waals surface area contributed by atoms with Crippen molar-refractivity contribution >= 4 is 5.78 Å². The highest BCUT2D eigenvalue weighted by atomic mass is 16.5. The third kappa shape index (κ3) is 0.913. The normalized spacial score (nSPS) is 48.5. The third-order valence-electron chi connectivity index (χ3n) is 7.31. The van der Waals surface area contributed by atoms with Crippen LogP contribution in [0.3, 0.4) is 0 Å². The summed E-state index contributed by atoms with van der Waals surface area (Å²) in [6.07, 6.45) is 3.53. The predicted molar refractivity (Wildman–Crippen MR) is 77.1 cm³/mol. The first-order valence-corrected chi connectivity index (χ1v) is 8.18. The van der Waals surface area contributed by atoms with Gasteiger partial charge in [-0.1, -0.05) is 6.07 Å². The van der Waals surface area contributed by atoms with E-state index in [1.807, 2.05) is 6.07 Å². The molecule has 0 aromatic heterocycles. The molecule has 6 rings (SSSR count). The van der Waals surface area contributed by atoms with Gasteiger partial charge in [0.1, 0.15) is 0 Å². The second kappa shape index (κ2) is 3.07. The van der Waals surface area contributed by atoms with Crippen LogP contribution in [0.4, 0.5) is 0 Å². The Morgan fingerprint density at radius 1 is 1.41 bits per heavy atom. The number of carbonyl (C=O) groups is 1. The minimum Gasteiger partial charge on any atom is -0.493 e. The van der Waals surface area contributed by atoms with E-state index >= 15 is 0 Å². The zero-order valence-corrected chi connectivity index (χ0v) is 12.5.